The fourth-order valence-corrected chi connectivity index (χ4v) is 4.57. The van der Waals surface area contributed by atoms with Crippen LogP contribution in [0, 0.1) is 6.92 Å². The van der Waals surface area contributed by atoms with Gasteiger partial charge in [0.15, 0.2) is 9.84 Å². The highest BCUT2D eigenvalue weighted by atomic mass is 32.2. The molecule has 0 saturated carbocycles. The molecule has 1 amide bonds. The van der Waals surface area contributed by atoms with Crippen molar-refractivity contribution in [1.29, 1.82) is 0 Å². The van der Waals surface area contributed by atoms with Crippen LogP contribution in [0.3, 0.4) is 0 Å². The van der Waals surface area contributed by atoms with Crippen LogP contribution >= 0.6 is 0 Å². The van der Waals surface area contributed by atoms with Crippen molar-refractivity contribution in [3.63, 3.8) is 0 Å². The molecule has 1 aliphatic heterocycles. The highest BCUT2D eigenvalue weighted by Crippen LogP contribution is 2.31. The Bertz CT molecular complexity index is 997. The molecule has 9 heteroatoms. The molecule has 0 N–H and O–H groups in total. The van der Waals surface area contributed by atoms with Crippen molar-refractivity contribution >= 4 is 21.4 Å². The number of rotatable bonds is 5. The van der Waals surface area contributed by atoms with Gasteiger partial charge in [0.25, 0.3) is 0 Å². The number of carbonyl (C=O) groups excluding carboxylic acids is 1. The normalized spacial score (nSPS) is 15.3. The standard InChI is InChI=1S/C21H23F3N2O3S/c1-16-5-7-19(8-6-16)30(28,29)14-9-20(27)26-12-10-25(11-13-26)18-4-2-3-17(15-18)21(22,23)24/h2-8,15H,9-14H2,1H3. The summed E-state index contributed by atoms with van der Waals surface area (Å²) in [6.07, 6.45) is -4.53. The number of piperazine rings is 1. The summed E-state index contributed by atoms with van der Waals surface area (Å²) < 4.78 is 63.5. The fraction of sp³-hybridized carbons (Fsp3) is 0.381. The number of hydrogen-bond donors (Lipinski definition) is 0. The Labute approximate surface area is 174 Å². The molecule has 162 valence electrons. The van der Waals surface area contributed by atoms with Crippen LogP contribution in [0.1, 0.15) is 17.5 Å². The highest BCUT2D eigenvalue weighted by Gasteiger charge is 2.31. The fourth-order valence-electron chi connectivity index (χ4n) is 3.34. The van der Waals surface area contributed by atoms with E-state index in [9.17, 15) is 26.4 Å². The van der Waals surface area contributed by atoms with Gasteiger partial charge in [0, 0.05) is 38.3 Å². The van der Waals surface area contributed by atoms with E-state index in [0.717, 1.165) is 17.7 Å². The SMILES string of the molecule is Cc1ccc(S(=O)(=O)CCC(=O)N2CCN(c3cccc(C(F)(F)F)c3)CC2)cc1. The van der Waals surface area contributed by atoms with Gasteiger partial charge >= 0.3 is 6.18 Å². The van der Waals surface area contributed by atoms with E-state index in [0.29, 0.717) is 31.9 Å². The second-order valence-corrected chi connectivity index (χ2v) is 9.41. The van der Waals surface area contributed by atoms with E-state index < -0.39 is 21.6 Å². The predicted molar refractivity (Wildman–Crippen MR) is 108 cm³/mol. The molecule has 0 bridgehead atoms. The summed E-state index contributed by atoms with van der Waals surface area (Å²) in [4.78, 5) is 16.0. The number of nitrogens with zero attached hydrogens (tertiary/aromatic N) is 2. The minimum atomic E-state index is -4.41. The quantitative estimate of drug-likeness (QED) is 0.714. The smallest absolute Gasteiger partial charge is 0.368 e. The number of anilines is 1. The van der Waals surface area contributed by atoms with Crippen LogP contribution in [0.2, 0.25) is 0 Å². The summed E-state index contributed by atoms with van der Waals surface area (Å²) in [7, 11) is -3.55. The van der Waals surface area contributed by atoms with Gasteiger partial charge in [0.1, 0.15) is 0 Å². The molecule has 1 saturated heterocycles. The molecule has 0 spiro atoms. The van der Waals surface area contributed by atoms with Crippen LogP contribution in [-0.4, -0.2) is 51.2 Å². The lowest BCUT2D eigenvalue weighted by atomic mass is 10.1. The van der Waals surface area contributed by atoms with Crippen molar-refractivity contribution in [2.75, 3.05) is 36.8 Å². The van der Waals surface area contributed by atoms with Crippen molar-refractivity contribution in [1.82, 2.24) is 4.90 Å². The zero-order valence-corrected chi connectivity index (χ0v) is 17.3. The third kappa shape index (κ3) is 5.33. The van der Waals surface area contributed by atoms with Crippen molar-refractivity contribution < 1.29 is 26.4 Å². The minimum absolute atomic E-state index is 0.125. The Morgan fingerprint density at radius 3 is 2.23 bits per heavy atom. The molecule has 0 aliphatic carbocycles. The molecule has 2 aromatic carbocycles. The zero-order valence-electron chi connectivity index (χ0n) is 16.5. The van der Waals surface area contributed by atoms with Crippen molar-refractivity contribution in [2.24, 2.45) is 0 Å². The number of carbonyl (C=O) groups is 1. The van der Waals surface area contributed by atoms with Crippen molar-refractivity contribution in [3.8, 4) is 0 Å². The Morgan fingerprint density at radius 2 is 1.63 bits per heavy atom. The third-order valence-corrected chi connectivity index (χ3v) is 6.87. The average molecular weight is 440 g/mol. The van der Waals surface area contributed by atoms with Crippen LogP contribution in [-0.2, 0) is 20.8 Å². The van der Waals surface area contributed by atoms with Crippen LogP contribution in [0.4, 0.5) is 18.9 Å². The number of benzene rings is 2. The van der Waals surface area contributed by atoms with Gasteiger partial charge in [-0.1, -0.05) is 23.8 Å². The van der Waals surface area contributed by atoms with Gasteiger partial charge in [0.05, 0.1) is 16.2 Å². The van der Waals surface area contributed by atoms with Gasteiger partial charge in [0.2, 0.25) is 5.91 Å². The first-order valence-electron chi connectivity index (χ1n) is 9.56. The third-order valence-electron chi connectivity index (χ3n) is 5.14. The molecule has 3 rings (SSSR count). The summed E-state index contributed by atoms with van der Waals surface area (Å²) in [5, 5.41) is 0. The first kappa shape index (κ1) is 22.1. The number of sulfone groups is 1. The topological polar surface area (TPSA) is 57.7 Å². The molecular weight excluding hydrogens is 417 g/mol. The Kier molecular flexibility index (Phi) is 6.40. The number of hydrogen-bond acceptors (Lipinski definition) is 4. The van der Waals surface area contributed by atoms with Gasteiger partial charge in [-0.2, -0.15) is 13.2 Å². The molecule has 2 aromatic rings. The van der Waals surface area contributed by atoms with E-state index in [1.54, 1.807) is 28.0 Å². The summed E-state index contributed by atoms with van der Waals surface area (Å²) in [6.45, 7) is 3.30. The first-order valence-corrected chi connectivity index (χ1v) is 11.2. The van der Waals surface area contributed by atoms with E-state index in [-0.39, 0.29) is 23.0 Å². The van der Waals surface area contributed by atoms with E-state index in [4.69, 9.17) is 0 Å². The summed E-state index contributed by atoms with van der Waals surface area (Å²) in [5.74, 6) is -0.544. The van der Waals surface area contributed by atoms with E-state index >= 15 is 0 Å². The average Bonchev–Trinajstić information content (AvgIpc) is 2.72. The maximum absolute atomic E-state index is 12.9. The Morgan fingerprint density at radius 1 is 1.00 bits per heavy atom. The molecule has 0 radical (unpaired) electrons. The minimum Gasteiger partial charge on any atom is -0.368 e. The first-order chi connectivity index (χ1) is 14.1. The maximum atomic E-state index is 12.9. The van der Waals surface area contributed by atoms with Crippen LogP contribution in [0.25, 0.3) is 0 Å². The molecule has 1 aliphatic rings. The lowest BCUT2D eigenvalue weighted by Crippen LogP contribution is -2.49. The molecule has 0 atom stereocenters. The number of alkyl halides is 3. The van der Waals surface area contributed by atoms with E-state index in [1.807, 2.05) is 6.92 Å². The molecule has 0 unspecified atom stereocenters. The Balaban J connectivity index is 1.55. The Hall–Kier alpha value is -2.55. The van der Waals surface area contributed by atoms with Crippen LogP contribution in [0.5, 0.6) is 0 Å². The van der Waals surface area contributed by atoms with Crippen molar-refractivity contribution in [2.45, 2.75) is 24.4 Å². The maximum Gasteiger partial charge on any atom is 0.416 e. The second kappa shape index (κ2) is 8.67. The molecular formula is C21H23F3N2O3S. The largest absolute Gasteiger partial charge is 0.416 e. The summed E-state index contributed by atoms with van der Waals surface area (Å²) >= 11 is 0. The molecule has 0 aromatic heterocycles. The van der Waals surface area contributed by atoms with Gasteiger partial charge in [-0.05, 0) is 37.3 Å². The monoisotopic (exact) mass is 440 g/mol. The summed E-state index contributed by atoms with van der Waals surface area (Å²) in [6, 6.07) is 11.6. The number of aryl methyl sites for hydroxylation is 1. The van der Waals surface area contributed by atoms with Gasteiger partial charge in [-0.15, -0.1) is 0 Å². The van der Waals surface area contributed by atoms with Gasteiger partial charge in [-0.3, -0.25) is 4.79 Å². The lowest BCUT2D eigenvalue weighted by molar-refractivity contribution is -0.137. The van der Waals surface area contributed by atoms with E-state index in [2.05, 4.69) is 0 Å². The molecule has 5 nitrogen and oxygen atoms in total. The van der Waals surface area contributed by atoms with Gasteiger partial charge in [-0.25, -0.2) is 8.42 Å². The van der Waals surface area contributed by atoms with E-state index in [1.165, 1.54) is 18.2 Å². The predicted octanol–water partition coefficient (Wildman–Crippen LogP) is 3.53. The van der Waals surface area contributed by atoms with Crippen molar-refractivity contribution in [3.05, 3.63) is 59.7 Å². The molecule has 30 heavy (non-hydrogen) atoms. The lowest BCUT2D eigenvalue weighted by Gasteiger charge is -2.36. The summed E-state index contributed by atoms with van der Waals surface area (Å²) in [5.41, 5.74) is 0.697. The van der Waals surface area contributed by atoms with Crippen LogP contribution < -0.4 is 4.90 Å². The molecule has 1 fully saturated rings. The second-order valence-electron chi connectivity index (χ2n) is 7.30. The zero-order chi connectivity index (χ0) is 21.9. The highest BCUT2D eigenvalue weighted by molar-refractivity contribution is 7.91. The molecule has 1 heterocycles. The van der Waals surface area contributed by atoms with Crippen LogP contribution in [0.15, 0.2) is 53.4 Å². The number of halogens is 3. The van der Waals surface area contributed by atoms with Gasteiger partial charge < -0.3 is 9.80 Å². The number of amides is 1.